The van der Waals surface area contributed by atoms with Gasteiger partial charge in [0, 0.05) is 5.56 Å². The van der Waals surface area contributed by atoms with Gasteiger partial charge in [-0.15, -0.1) is 0 Å². The monoisotopic (exact) mass is 250 g/mol. The van der Waals surface area contributed by atoms with Crippen molar-refractivity contribution < 1.29 is 9.47 Å². The number of nitrogens with one attached hydrogen (secondary N) is 1. The van der Waals surface area contributed by atoms with E-state index in [0.717, 1.165) is 18.6 Å². The average molecular weight is 250 g/mol. The molecule has 0 saturated carbocycles. The van der Waals surface area contributed by atoms with Crippen LogP contribution >= 0.6 is 0 Å². The van der Waals surface area contributed by atoms with Crippen molar-refractivity contribution in [2.45, 2.75) is 32.8 Å². The molecule has 1 atom stereocenters. The van der Waals surface area contributed by atoms with Crippen molar-refractivity contribution in [3.8, 4) is 5.75 Å². The molecule has 4 nitrogen and oxygen atoms in total. The summed E-state index contributed by atoms with van der Waals surface area (Å²) < 4.78 is 11.1. The molecule has 0 radical (unpaired) electrons. The van der Waals surface area contributed by atoms with Crippen LogP contribution in [0.25, 0.3) is 0 Å². The molecule has 0 spiro atoms. The van der Waals surface area contributed by atoms with Crippen molar-refractivity contribution in [1.29, 1.82) is 5.41 Å². The molecule has 4 heteroatoms. The van der Waals surface area contributed by atoms with Crippen LogP contribution in [0.2, 0.25) is 0 Å². The topological polar surface area (TPSA) is 68.3 Å². The Labute approximate surface area is 109 Å². The third-order valence-corrected chi connectivity index (χ3v) is 2.61. The largest absolute Gasteiger partial charge is 0.491 e. The zero-order valence-corrected chi connectivity index (χ0v) is 11.1. The molecule has 1 aromatic rings. The summed E-state index contributed by atoms with van der Waals surface area (Å²) in [6, 6.07) is 7.18. The van der Waals surface area contributed by atoms with E-state index in [1.54, 1.807) is 12.1 Å². The van der Waals surface area contributed by atoms with Crippen LogP contribution in [0.4, 0.5) is 0 Å². The highest BCUT2D eigenvalue weighted by molar-refractivity contribution is 5.94. The van der Waals surface area contributed by atoms with E-state index in [2.05, 4.69) is 13.8 Å². The van der Waals surface area contributed by atoms with E-state index < -0.39 is 0 Å². The fourth-order valence-electron chi connectivity index (χ4n) is 1.63. The van der Waals surface area contributed by atoms with Gasteiger partial charge < -0.3 is 15.2 Å². The maximum atomic E-state index is 7.28. The number of rotatable bonds is 8. The summed E-state index contributed by atoms with van der Waals surface area (Å²) >= 11 is 0. The summed E-state index contributed by atoms with van der Waals surface area (Å²) in [5.41, 5.74) is 6.07. The maximum Gasteiger partial charge on any atom is 0.122 e. The number of nitrogens with two attached hydrogens (primary N) is 1. The van der Waals surface area contributed by atoms with Crippen LogP contribution in [-0.2, 0) is 4.74 Å². The minimum absolute atomic E-state index is 0.0678. The van der Waals surface area contributed by atoms with Crippen LogP contribution in [0.5, 0.6) is 5.75 Å². The van der Waals surface area contributed by atoms with Crippen molar-refractivity contribution in [1.82, 2.24) is 0 Å². The van der Waals surface area contributed by atoms with Gasteiger partial charge in [0.05, 0.1) is 12.7 Å². The number of nitrogen functional groups attached to an aromatic ring is 1. The second-order valence-electron chi connectivity index (χ2n) is 4.26. The molecular formula is C14H22N2O2. The molecule has 0 fully saturated rings. The minimum Gasteiger partial charge on any atom is -0.491 e. The van der Waals surface area contributed by atoms with Crippen molar-refractivity contribution in [3.05, 3.63) is 29.8 Å². The molecule has 1 unspecified atom stereocenters. The Kier molecular flexibility index (Phi) is 6.22. The first-order chi connectivity index (χ1) is 8.63. The molecule has 1 aromatic carbocycles. The fourth-order valence-corrected chi connectivity index (χ4v) is 1.63. The van der Waals surface area contributed by atoms with Gasteiger partial charge in [0.15, 0.2) is 0 Å². The first kappa shape index (κ1) is 14.5. The standard InChI is InChI=1S/C14H22N2O2/c1-3-4-11(2)17-9-10-18-13-7-5-12(6-8-13)14(15)16/h5-8,11H,3-4,9-10H2,1-2H3,(H3,15,16). The maximum absolute atomic E-state index is 7.28. The van der Waals surface area contributed by atoms with Gasteiger partial charge in [-0.3, -0.25) is 5.41 Å². The smallest absolute Gasteiger partial charge is 0.122 e. The van der Waals surface area contributed by atoms with Gasteiger partial charge in [0.25, 0.3) is 0 Å². The number of hydrogen-bond donors (Lipinski definition) is 2. The SMILES string of the molecule is CCCC(C)OCCOc1ccc(C(=N)N)cc1. The third-order valence-electron chi connectivity index (χ3n) is 2.61. The van der Waals surface area contributed by atoms with E-state index >= 15 is 0 Å². The number of amidine groups is 1. The molecule has 0 aliphatic carbocycles. The summed E-state index contributed by atoms with van der Waals surface area (Å²) in [6.07, 6.45) is 2.50. The van der Waals surface area contributed by atoms with Crippen LogP contribution in [0.15, 0.2) is 24.3 Å². The number of benzene rings is 1. The average Bonchev–Trinajstić information content (AvgIpc) is 2.35. The molecule has 1 rings (SSSR count). The summed E-state index contributed by atoms with van der Waals surface area (Å²) in [4.78, 5) is 0. The highest BCUT2D eigenvalue weighted by Crippen LogP contribution is 2.11. The van der Waals surface area contributed by atoms with Crippen molar-refractivity contribution in [3.63, 3.8) is 0 Å². The van der Waals surface area contributed by atoms with Crippen molar-refractivity contribution >= 4 is 5.84 Å². The Morgan fingerprint density at radius 1 is 1.28 bits per heavy atom. The van der Waals surface area contributed by atoms with Gasteiger partial charge in [0.2, 0.25) is 0 Å². The first-order valence-corrected chi connectivity index (χ1v) is 6.32. The highest BCUT2D eigenvalue weighted by Gasteiger charge is 2.01. The highest BCUT2D eigenvalue weighted by atomic mass is 16.5. The second kappa shape index (κ2) is 7.71. The van der Waals surface area contributed by atoms with Gasteiger partial charge in [-0.25, -0.2) is 0 Å². The zero-order chi connectivity index (χ0) is 13.4. The molecule has 100 valence electrons. The number of ether oxygens (including phenoxy) is 2. The Bertz CT molecular complexity index is 363. The van der Waals surface area contributed by atoms with E-state index in [0.29, 0.717) is 24.9 Å². The predicted molar refractivity (Wildman–Crippen MR) is 73.3 cm³/mol. The van der Waals surface area contributed by atoms with Crippen LogP contribution in [0.3, 0.4) is 0 Å². The van der Waals surface area contributed by atoms with E-state index in [4.69, 9.17) is 20.6 Å². The van der Waals surface area contributed by atoms with E-state index in [9.17, 15) is 0 Å². The lowest BCUT2D eigenvalue weighted by molar-refractivity contribution is 0.0395. The van der Waals surface area contributed by atoms with E-state index in [1.165, 1.54) is 0 Å². The molecule has 0 aromatic heterocycles. The summed E-state index contributed by atoms with van der Waals surface area (Å²) in [5, 5.41) is 7.28. The Morgan fingerprint density at radius 3 is 2.50 bits per heavy atom. The second-order valence-corrected chi connectivity index (χ2v) is 4.26. The molecule has 0 saturated heterocycles. The Balaban J connectivity index is 2.25. The molecule has 3 N–H and O–H groups in total. The molecule has 18 heavy (non-hydrogen) atoms. The lowest BCUT2D eigenvalue weighted by atomic mass is 10.2. The summed E-state index contributed by atoms with van der Waals surface area (Å²) in [6.45, 7) is 5.35. The number of hydrogen-bond acceptors (Lipinski definition) is 3. The van der Waals surface area contributed by atoms with Gasteiger partial charge >= 0.3 is 0 Å². The lowest BCUT2D eigenvalue weighted by Crippen LogP contribution is -2.14. The molecule has 0 heterocycles. The lowest BCUT2D eigenvalue weighted by Gasteiger charge is -2.12. The van der Waals surface area contributed by atoms with Gasteiger partial charge in [-0.1, -0.05) is 13.3 Å². The van der Waals surface area contributed by atoms with Crippen molar-refractivity contribution in [2.24, 2.45) is 5.73 Å². The fraction of sp³-hybridized carbons (Fsp3) is 0.500. The predicted octanol–water partition coefficient (Wildman–Crippen LogP) is 2.55. The minimum atomic E-state index is 0.0678. The molecule has 0 amide bonds. The summed E-state index contributed by atoms with van der Waals surface area (Å²) in [5.74, 6) is 0.838. The van der Waals surface area contributed by atoms with Gasteiger partial charge in [-0.05, 0) is 37.6 Å². The summed E-state index contributed by atoms with van der Waals surface area (Å²) in [7, 11) is 0. The van der Waals surface area contributed by atoms with Crippen LogP contribution < -0.4 is 10.5 Å². The molecule has 0 aliphatic heterocycles. The Hall–Kier alpha value is -1.55. The quantitative estimate of drug-likeness (QED) is 0.423. The van der Waals surface area contributed by atoms with Crippen molar-refractivity contribution in [2.75, 3.05) is 13.2 Å². The zero-order valence-electron chi connectivity index (χ0n) is 11.1. The van der Waals surface area contributed by atoms with Crippen LogP contribution in [0.1, 0.15) is 32.3 Å². The first-order valence-electron chi connectivity index (χ1n) is 6.32. The molecule has 0 bridgehead atoms. The third kappa shape index (κ3) is 5.19. The van der Waals surface area contributed by atoms with Crippen LogP contribution in [-0.4, -0.2) is 25.2 Å². The molecular weight excluding hydrogens is 228 g/mol. The normalized spacial score (nSPS) is 12.1. The van der Waals surface area contributed by atoms with E-state index in [-0.39, 0.29) is 5.84 Å². The Morgan fingerprint density at radius 2 is 1.94 bits per heavy atom. The van der Waals surface area contributed by atoms with E-state index in [1.807, 2.05) is 12.1 Å². The van der Waals surface area contributed by atoms with Crippen LogP contribution in [0, 0.1) is 5.41 Å². The van der Waals surface area contributed by atoms with Gasteiger partial charge in [0.1, 0.15) is 18.2 Å². The molecule has 0 aliphatic rings. The van der Waals surface area contributed by atoms with Gasteiger partial charge in [-0.2, -0.15) is 0 Å².